The van der Waals surface area contributed by atoms with Crippen LogP contribution in [0.15, 0.2) is 4.99 Å². The molecule has 2 N–H and O–H groups in total. The van der Waals surface area contributed by atoms with Crippen LogP contribution in [0.4, 0.5) is 0 Å². The Labute approximate surface area is 130 Å². The van der Waals surface area contributed by atoms with Gasteiger partial charge in [-0.15, -0.1) is 0 Å². The maximum absolute atomic E-state index is 5.14. The number of likely N-dealkylation sites (tertiary alicyclic amines) is 1. The van der Waals surface area contributed by atoms with E-state index in [1.165, 1.54) is 45.2 Å². The van der Waals surface area contributed by atoms with Gasteiger partial charge in [0, 0.05) is 33.8 Å². The molecule has 0 aromatic rings. The molecule has 0 atom stereocenters. The van der Waals surface area contributed by atoms with E-state index in [2.05, 4.69) is 27.4 Å². The van der Waals surface area contributed by atoms with Crippen LogP contribution in [0.5, 0.6) is 0 Å². The quantitative estimate of drug-likeness (QED) is 0.386. The Hall–Kier alpha value is -0.810. The minimum Gasteiger partial charge on any atom is -0.383 e. The predicted molar refractivity (Wildman–Crippen MR) is 89.9 cm³/mol. The van der Waals surface area contributed by atoms with Crippen molar-refractivity contribution in [3.63, 3.8) is 0 Å². The highest BCUT2D eigenvalue weighted by Crippen LogP contribution is 2.15. The van der Waals surface area contributed by atoms with E-state index in [1.54, 1.807) is 7.11 Å². The first-order valence-electron chi connectivity index (χ1n) is 8.46. The summed E-state index contributed by atoms with van der Waals surface area (Å²) in [7, 11) is 3.62. The Morgan fingerprint density at radius 1 is 1.24 bits per heavy atom. The topological polar surface area (TPSA) is 48.9 Å². The van der Waals surface area contributed by atoms with Crippen molar-refractivity contribution in [2.24, 2.45) is 10.9 Å². The van der Waals surface area contributed by atoms with Crippen LogP contribution >= 0.6 is 0 Å². The Balaban J connectivity index is 2.11. The number of ether oxygens (including phenoxy) is 1. The van der Waals surface area contributed by atoms with Gasteiger partial charge in [-0.05, 0) is 38.3 Å². The summed E-state index contributed by atoms with van der Waals surface area (Å²) in [6, 6.07) is 0. The third kappa shape index (κ3) is 8.27. The van der Waals surface area contributed by atoms with Crippen LogP contribution in [0.25, 0.3) is 0 Å². The van der Waals surface area contributed by atoms with E-state index in [4.69, 9.17) is 4.74 Å². The number of hydrogen-bond donors (Lipinski definition) is 2. The maximum atomic E-state index is 5.14. The van der Waals surface area contributed by atoms with Crippen LogP contribution < -0.4 is 10.6 Å². The first-order valence-corrected chi connectivity index (χ1v) is 8.46. The first kappa shape index (κ1) is 18.2. The molecule has 21 heavy (non-hydrogen) atoms. The van der Waals surface area contributed by atoms with Gasteiger partial charge in [-0.2, -0.15) is 0 Å². The Kier molecular flexibility index (Phi) is 10.3. The summed E-state index contributed by atoms with van der Waals surface area (Å²) in [6.07, 6.45) is 6.29. The molecule has 1 rings (SSSR count). The Bertz CT molecular complexity index is 275. The summed E-state index contributed by atoms with van der Waals surface area (Å²) in [5.74, 6) is 1.71. The van der Waals surface area contributed by atoms with Crippen molar-refractivity contribution in [1.29, 1.82) is 0 Å². The van der Waals surface area contributed by atoms with E-state index >= 15 is 0 Å². The van der Waals surface area contributed by atoms with Crippen LogP contribution in [0, 0.1) is 5.92 Å². The second kappa shape index (κ2) is 11.8. The molecule has 0 spiro atoms. The third-order valence-corrected chi connectivity index (χ3v) is 4.17. The largest absolute Gasteiger partial charge is 0.383 e. The molecule has 1 heterocycles. The lowest BCUT2D eigenvalue weighted by atomic mass is 9.97. The molecule has 0 unspecified atom stereocenters. The number of aliphatic imine (C=N–C) groups is 1. The predicted octanol–water partition coefficient (Wildman–Crippen LogP) is 1.70. The molecule has 1 aliphatic heterocycles. The van der Waals surface area contributed by atoms with Gasteiger partial charge in [0.25, 0.3) is 0 Å². The highest BCUT2D eigenvalue weighted by molar-refractivity contribution is 5.79. The minimum absolute atomic E-state index is 0.762. The van der Waals surface area contributed by atoms with Crippen LogP contribution in [-0.4, -0.2) is 64.3 Å². The maximum Gasteiger partial charge on any atom is 0.190 e. The average molecular weight is 298 g/mol. The number of nitrogens with one attached hydrogen (secondary N) is 2. The molecule has 0 aromatic heterocycles. The van der Waals surface area contributed by atoms with Gasteiger partial charge in [-0.3, -0.25) is 4.99 Å². The molecule has 1 fully saturated rings. The van der Waals surface area contributed by atoms with Gasteiger partial charge in [0.2, 0.25) is 0 Å². The van der Waals surface area contributed by atoms with Gasteiger partial charge < -0.3 is 20.3 Å². The minimum atomic E-state index is 0.762. The van der Waals surface area contributed by atoms with Gasteiger partial charge in [0.1, 0.15) is 0 Å². The highest BCUT2D eigenvalue weighted by Gasteiger charge is 2.18. The summed E-state index contributed by atoms with van der Waals surface area (Å²) in [6.45, 7) is 8.58. The number of rotatable bonds is 9. The zero-order valence-electron chi connectivity index (χ0n) is 14.2. The van der Waals surface area contributed by atoms with Crippen LogP contribution in [0.1, 0.15) is 39.0 Å². The van der Waals surface area contributed by atoms with Gasteiger partial charge in [-0.25, -0.2) is 0 Å². The van der Waals surface area contributed by atoms with E-state index in [1.807, 2.05) is 7.05 Å². The molecule has 0 saturated carbocycles. The molecule has 124 valence electrons. The van der Waals surface area contributed by atoms with E-state index in [9.17, 15) is 0 Å². The van der Waals surface area contributed by atoms with E-state index in [0.29, 0.717) is 0 Å². The van der Waals surface area contributed by atoms with Crippen molar-refractivity contribution in [1.82, 2.24) is 15.5 Å². The van der Waals surface area contributed by atoms with Gasteiger partial charge in [-0.1, -0.05) is 19.8 Å². The second-order valence-electron chi connectivity index (χ2n) is 5.86. The highest BCUT2D eigenvalue weighted by atomic mass is 16.5. The zero-order valence-corrected chi connectivity index (χ0v) is 14.2. The monoisotopic (exact) mass is 298 g/mol. The van der Waals surface area contributed by atoms with Crippen LogP contribution in [0.2, 0.25) is 0 Å². The summed E-state index contributed by atoms with van der Waals surface area (Å²) < 4.78 is 5.14. The molecular formula is C16H34N4O. The van der Waals surface area contributed by atoms with Gasteiger partial charge >= 0.3 is 0 Å². The van der Waals surface area contributed by atoms with E-state index in [0.717, 1.165) is 38.1 Å². The lowest BCUT2D eigenvalue weighted by Crippen LogP contribution is -2.43. The van der Waals surface area contributed by atoms with Crippen molar-refractivity contribution in [2.45, 2.75) is 39.0 Å². The summed E-state index contributed by atoms with van der Waals surface area (Å²) >= 11 is 0. The molecule has 0 amide bonds. The number of methoxy groups -OCH3 is 1. The van der Waals surface area contributed by atoms with Gasteiger partial charge in [0.05, 0.1) is 6.61 Å². The lowest BCUT2D eigenvalue weighted by Gasteiger charge is -2.32. The molecular weight excluding hydrogens is 264 g/mol. The van der Waals surface area contributed by atoms with Crippen LogP contribution in [-0.2, 0) is 4.74 Å². The fraction of sp³-hybridized carbons (Fsp3) is 0.938. The third-order valence-electron chi connectivity index (χ3n) is 4.17. The van der Waals surface area contributed by atoms with E-state index < -0.39 is 0 Å². The Morgan fingerprint density at radius 3 is 2.62 bits per heavy atom. The fourth-order valence-corrected chi connectivity index (χ4v) is 2.68. The molecule has 0 bridgehead atoms. The van der Waals surface area contributed by atoms with Crippen molar-refractivity contribution in [3.8, 4) is 0 Å². The van der Waals surface area contributed by atoms with Gasteiger partial charge in [0.15, 0.2) is 5.96 Å². The SMILES string of the molecule is CCCCCNC(=NC)NCC1CCN(CCOC)CC1. The molecule has 5 heteroatoms. The lowest BCUT2D eigenvalue weighted by molar-refractivity contribution is 0.121. The molecule has 1 saturated heterocycles. The Morgan fingerprint density at radius 2 is 2.00 bits per heavy atom. The second-order valence-corrected chi connectivity index (χ2v) is 5.86. The van der Waals surface area contributed by atoms with Crippen molar-refractivity contribution in [3.05, 3.63) is 0 Å². The smallest absolute Gasteiger partial charge is 0.190 e. The van der Waals surface area contributed by atoms with Crippen molar-refractivity contribution in [2.75, 3.05) is 53.5 Å². The first-order chi connectivity index (χ1) is 10.3. The number of nitrogens with zero attached hydrogens (tertiary/aromatic N) is 2. The van der Waals surface area contributed by atoms with Crippen molar-refractivity contribution < 1.29 is 4.74 Å². The molecule has 0 aromatic carbocycles. The fourth-order valence-electron chi connectivity index (χ4n) is 2.68. The zero-order chi connectivity index (χ0) is 15.3. The normalized spacial score (nSPS) is 18.0. The summed E-state index contributed by atoms with van der Waals surface area (Å²) in [5, 5.41) is 6.86. The number of piperidine rings is 1. The number of guanidine groups is 1. The number of unbranched alkanes of at least 4 members (excludes halogenated alkanes) is 2. The molecule has 1 aliphatic rings. The average Bonchev–Trinajstić information content (AvgIpc) is 2.53. The van der Waals surface area contributed by atoms with E-state index in [-0.39, 0.29) is 0 Å². The molecule has 0 aliphatic carbocycles. The summed E-state index contributed by atoms with van der Waals surface area (Å²) in [4.78, 5) is 6.79. The molecule has 0 radical (unpaired) electrons. The van der Waals surface area contributed by atoms with Crippen LogP contribution in [0.3, 0.4) is 0 Å². The summed E-state index contributed by atoms with van der Waals surface area (Å²) in [5.41, 5.74) is 0. The molecule has 5 nitrogen and oxygen atoms in total. The standard InChI is InChI=1S/C16H34N4O/c1-4-5-6-9-18-16(17-2)19-14-15-7-10-20(11-8-15)12-13-21-3/h15H,4-14H2,1-3H3,(H2,17,18,19). The van der Waals surface area contributed by atoms with Crippen molar-refractivity contribution >= 4 is 5.96 Å². The number of hydrogen-bond acceptors (Lipinski definition) is 3.